The van der Waals surface area contributed by atoms with Gasteiger partial charge in [0.2, 0.25) is 0 Å². The molecule has 1 aromatic carbocycles. The molecule has 2 nitrogen and oxygen atoms in total. The second kappa shape index (κ2) is 5.40. The van der Waals surface area contributed by atoms with Gasteiger partial charge in [0.1, 0.15) is 0 Å². The molecule has 1 saturated heterocycles. The van der Waals surface area contributed by atoms with Crippen LogP contribution in [0, 0.1) is 0 Å². The quantitative estimate of drug-likeness (QED) is 0.842. The number of anilines is 1. The van der Waals surface area contributed by atoms with E-state index in [1.807, 2.05) is 11.8 Å². The van der Waals surface area contributed by atoms with E-state index >= 15 is 0 Å². The van der Waals surface area contributed by atoms with Crippen LogP contribution in [0.4, 0.5) is 18.9 Å². The third-order valence-corrected chi connectivity index (χ3v) is 3.88. The summed E-state index contributed by atoms with van der Waals surface area (Å²) in [6.45, 7) is 2.02. The number of hydrogen-bond acceptors (Lipinski definition) is 3. The average Bonchev–Trinajstić information content (AvgIpc) is 2.31. The van der Waals surface area contributed by atoms with Crippen LogP contribution in [0.2, 0.25) is 0 Å². The largest absolute Gasteiger partial charge is 0.416 e. The molecule has 0 atom stereocenters. The fraction of sp³-hybridized carbons (Fsp3) is 0.500. The van der Waals surface area contributed by atoms with Crippen LogP contribution < -0.4 is 5.73 Å². The van der Waals surface area contributed by atoms with Crippen LogP contribution in [-0.2, 0) is 12.7 Å². The van der Waals surface area contributed by atoms with Crippen LogP contribution in [0.15, 0.2) is 18.2 Å². The molecule has 0 aliphatic carbocycles. The standard InChI is InChI=1S/C12H15F3N2S/c13-12(14,15)11-7-10(16)2-1-9(11)8-17-3-5-18-6-4-17/h1-2,7H,3-6,8,16H2. The molecule has 18 heavy (non-hydrogen) atoms. The van der Waals surface area contributed by atoms with Crippen molar-refractivity contribution in [3.63, 3.8) is 0 Å². The predicted octanol–water partition coefficient (Wildman–Crippen LogP) is 2.84. The molecular weight excluding hydrogens is 261 g/mol. The van der Waals surface area contributed by atoms with E-state index in [9.17, 15) is 13.2 Å². The van der Waals surface area contributed by atoms with Gasteiger partial charge in [-0.1, -0.05) is 6.07 Å². The van der Waals surface area contributed by atoms with Crippen LogP contribution in [-0.4, -0.2) is 29.5 Å². The fourth-order valence-corrected chi connectivity index (χ4v) is 2.97. The third-order valence-electron chi connectivity index (χ3n) is 2.94. The van der Waals surface area contributed by atoms with Gasteiger partial charge in [-0.15, -0.1) is 0 Å². The molecule has 0 aromatic heterocycles. The molecule has 0 bridgehead atoms. The first-order valence-electron chi connectivity index (χ1n) is 5.72. The minimum Gasteiger partial charge on any atom is -0.399 e. The monoisotopic (exact) mass is 276 g/mol. The van der Waals surface area contributed by atoms with E-state index in [1.54, 1.807) is 0 Å². The summed E-state index contributed by atoms with van der Waals surface area (Å²) in [6, 6.07) is 4.04. The highest BCUT2D eigenvalue weighted by atomic mass is 32.2. The highest BCUT2D eigenvalue weighted by molar-refractivity contribution is 7.99. The number of thioether (sulfide) groups is 1. The van der Waals surface area contributed by atoms with E-state index in [-0.39, 0.29) is 5.69 Å². The molecular formula is C12H15F3N2S. The number of benzene rings is 1. The maximum Gasteiger partial charge on any atom is 0.416 e. The minimum atomic E-state index is -4.34. The van der Waals surface area contributed by atoms with Crippen LogP contribution >= 0.6 is 11.8 Å². The zero-order valence-corrected chi connectivity index (χ0v) is 10.7. The van der Waals surface area contributed by atoms with E-state index in [2.05, 4.69) is 4.90 Å². The number of halogens is 3. The van der Waals surface area contributed by atoms with Crippen molar-refractivity contribution in [1.29, 1.82) is 0 Å². The molecule has 100 valence electrons. The second-order valence-corrected chi connectivity index (χ2v) is 5.53. The number of rotatable bonds is 2. The molecule has 1 fully saturated rings. The maximum absolute atomic E-state index is 12.9. The molecule has 0 unspecified atom stereocenters. The normalized spacial score (nSPS) is 17.9. The van der Waals surface area contributed by atoms with Crippen molar-refractivity contribution in [3.05, 3.63) is 29.3 Å². The molecule has 0 spiro atoms. The summed E-state index contributed by atoms with van der Waals surface area (Å²) < 4.78 is 38.7. The summed E-state index contributed by atoms with van der Waals surface area (Å²) in [5, 5.41) is 0. The Hall–Kier alpha value is -0.880. The third kappa shape index (κ3) is 3.32. The highest BCUT2D eigenvalue weighted by Gasteiger charge is 2.33. The molecule has 0 amide bonds. The van der Waals surface area contributed by atoms with Crippen molar-refractivity contribution >= 4 is 17.4 Å². The van der Waals surface area contributed by atoms with Gasteiger partial charge in [0.15, 0.2) is 0 Å². The molecule has 1 aliphatic rings. The van der Waals surface area contributed by atoms with Crippen molar-refractivity contribution < 1.29 is 13.2 Å². The van der Waals surface area contributed by atoms with Gasteiger partial charge in [0.05, 0.1) is 5.56 Å². The van der Waals surface area contributed by atoms with Gasteiger partial charge in [0.25, 0.3) is 0 Å². The molecule has 0 radical (unpaired) electrons. The van der Waals surface area contributed by atoms with E-state index in [0.29, 0.717) is 12.1 Å². The molecule has 0 saturated carbocycles. The SMILES string of the molecule is Nc1ccc(CN2CCSCC2)c(C(F)(F)F)c1. The lowest BCUT2D eigenvalue weighted by Gasteiger charge is -2.27. The summed E-state index contributed by atoms with van der Waals surface area (Å²) in [5.74, 6) is 1.96. The van der Waals surface area contributed by atoms with Crippen LogP contribution in [0.5, 0.6) is 0 Å². The summed E-state index contributed by atoms with van der Waals surface area (Å²) in [7, 11) is 0. The van der Waals surface area contributed by atoms with Crippen molar-refractivity contribution in [3.8, 4) is 0 Å². The molecule has 2 rings (SSSR count). The predicted molar refractivity (Wildman–Crippen MR) is 68.5 cm³/mol. The number of hydrogen-bond donors (Lipinski definition) is 1. The van der Waals surface area contributed by atoms with Gasteiger partial charge in [-0.25, -0.2) is 0 Å². The summed E-state index contributed by atoms with van der Waals surface area (Å²) in [5.41, 5.74) is 5.29. The van der Waals surface area contributed by atoms with E-state index in [0.717, 1.165) is 30.7 Å². The van der Waals surface area contributed by atoms with Crippen molar-refractivity contribution in [1.82, 2.24) is 4.90 Å². The maximum atomic E-state index is 12.9. The zero-order valence-electron chi connectivity index (χ0n) is 9.83. The first kappa shape index (κ1) is 13.5. The van der Waals surface area contributed by atoms with E-state index in [4.69, 9.17) is 5.73 Å². The zero-order chi connectivity index (χ0) is 13.2. The summed E-state index contributed by atoms with van der Waals surface area (Å²) >= 11 is 1.84. The fourth-order valence-electron chi connectivity index (χ4n) is 2.00. The smallest absolute Gasteiger partial charge is 0.399 e. The van der Waals surface area contributed by atoms with Crippen LogP contribution in [0.3, 0.4) is 0 Å². The number of alkyl halides is 3. The summed E-state index contributed by atoms with van der Waals surface area (Å²) in [4.78, 5) is 2.05. The van der Waals surface area contributed by atoms with Gasteiger partial charge in [0, 0.05) is 36.8 Å². The first-order chi connectivity index (χ1) is 8.47. The lowest BCUT2D eigenvalue weighted by molar-refractivity contribution is -0.138. The molecule has 1 aromatic rings. The Labute approximate surface area is 108 Å². The first-order valence-corrected chi connectivity index (χ1v) is 6.88. The lowest BCUT2D eigenvalue weighted by atomic mass is 10.1. The Morgan fingerprint density at radius 1 is 1.22 bits per heavy atom. The van der Waals surface area contributed by atoms with Crippen LogP contribution in [0.25, 0.3) is 0 Å². The van der Waals surface area contributed by atoms with Gasteiger partial charge >= 0.3 is 6.18 Å². The minimum absolute atomic E-state index is 0.153. The van der Waals surface area contributed by atoms with Crippen molar-refractivity contribution in [2.24, 2.45) is 0 Å². The number of nitrogens with zero attached hydrogens (tertiary/aromatic N) is 1. The topological polar surface area (TPSA) is 29.3 Å². The Morgan fingerprint density at radius 2 is 1.89 bits per heavy atom. The van der Waals surface area contributed by atoms with Gasteiger partial charge < -0.3 is 5.73 Å². The van der Waals surface area contributed by atoms with Crippen molar-refractivity contribution in [2.75, 3.05) is 30.3 Å². The summed E-state index contributed by atoms with van der Waals surface area (Å²) in [6.07, 6.45) is -4.34. The lowest BCUT2D eigenvalue weighted by Crippen LogP contribution is -2.32. The van der Waals surface area contributed by atoms with Crippen molar-refractivity contribution in [2.45, 2.75) is 12.7 Å². The Kier molecular flexibility index (Phi) is 4.07. The van der Waals surface area contributed by atoms with E-state index < -0.39 is 11.7 Å². The Morgan fingerprint density at radius 3 is 2.50 bits per heavy atom. The highest BCUT2D eigenvalue weighted by Crippen LogP contribution is 2.34. The molecule has 1 aliphatic heterocycles. The second-order valence-electron chi connectivity index (χ2n) is 4.30. The van der Waals surface area contributed by atoms with Gasteiger partial charge in [-0.05, 0) is 17.7 Å². The number of nitrogens with two attached hydrogens (primary N) is 1. The Balaban J connectivity index is 2.21. The average molecular weight is 276 g/mol. The number of nitrogen functional groups attached to an aromatic ring is 1. The molecule has 6 heteroatoms. The molecule has 1 heterocycles. The van der Waals surface area contributed by atoms with Gasteiger partial charge in [-0.3, -0.25) is 4.90 Å². The van der Waals surface area contributed by atoms with Gasteiger partial charge in [-0.2, -0.15) is 24.9 Å². The van der Waals surface area contributed by atoms with Crippen LogP contribution in [0.1, 0.15) is 11.1 Å². The molecule has 2 N–H and O–H groups in total. The Bertz CT molecular complexity index is 414. The van der Waals surface area contributed by atoms with E-state index in [1.165, 1.54) is 12.1 Å².